The number of nitrogens with zero attached hydrogens (tertiary/aromatic N) is 1. The number of sulfonamides is 1. The van der Waals surface area contributed by atoms with Crippen LogP contribution in [0.25, 0.3) is 0 Å². The van der Waals surface area contributed by atoms with E-state index in [9.17, 15) is 13.2 Å². The lowest BCUT2D eigenvalue weighted by molar-refractivity contribution is 0.0926. The molecule has 1 aliphatic heterocycles. The predicted molar refractivity (Wildman–Crippen MR) is 106 cm³/mol. The minimum Gasteiger partial charge on any atom is -0.491 e. The van der Waals surface area contributed by atoms with E-state index in [0.29, 0.717) is 30.8 Å². The molecule has 0 radical (unpaired) electrons. The van der Waals surface area contributed by atoms with Gasteiger partial charge in [-0.15, -0.1) is 0 Å². The molecule has 1 fully saturated rings. The topological polar surface area (TPSA) is 75.7 Å². The second-order valence-corrected chi connectivity index (χ2v) is 8.65. The summed E-state index contributed by atoms with van der Waals surface area (Å²) >= 11 is 0. The molecule has 2 aromatic carbocycles. The average molecular weight is 388 g/mol. The summed E-state index contributed by atoms with van der Waals surface area (Å²) < 4.78 is 31.4. The number of hydrogen-bond donors (Lipinski definition) is 1. The van der Waals surface area contributed by atoms with Crippen molar-refractivity contribution in [3.05, 3.63) is 60.2 Å². The summed E-state index contributed by atoms with van der Waals surface area (Å²) in [6.45, 7) is 2.72. The van der Waals surface area contributed by atoms with Gasteiger partial charge in [0, 0.05) is 12.1 Å². The van der Waals surface area contributed by atoms with E-state index >= 15 is 0 Å². The third kappa shape index (κ3) is 5.01. The molecule has 1 atom stereocenters. The number of para-hydroxylation sites is 1. The highest BCUT2D eigenvalue weighted by Gasteiger charge is 2.26. The molecule has 0 bridgehead atoms. The summed E-state index contributed by atoms with van der Waals surface area (Å²) in [4.78, 5) is 12.4. The molecule has 144 valence electrons. The van der Waals surface area contributed by atoms with E-state index in [2.05, 4.69) is 5.32 Å². The van der Waals surface area contributed by atoms with Crippen LogP contribution in [0.1, 0.15) is 30.1 Å². The minimum atomic E-state index is -3.25. The molecule has 7 heteroatoms. The normalized spacial score (nSPS) is 17.1. The van der Waals surface area contributed by atoms with E-state index in [1.165, 1.54) is 4.31 Å². The Bertz CT molecular complexity index is 867. The second-order valence-electron chi connectivity index (χ2n) is 6.64. The first-order valence-electron chi connectivity index (χ1n) is 9.05. The van der Waals surface area contributed by atoms with Gasteiger partial charge in [0.15, 0.2) is 0 Å². The number of anilines is 1. The number of carbonyl (C=O) groups excluding carboxylic acids is 1. The molecule has 0 aliphatic carbocycles. The van der Waals surface area contributed by atoms with Crippen molar-refractivity contribution in [3.8, 4) is 5.75 Å². The largest absolute Gasteiger partial charge is 0.491 e. The summed E-state index contributed by atoms with van der Waals surface area (Å²) in [7, 11) is -3.25. The second kappa shape index (κ2) is 8.43. The van der Waals surface area contributed by atoms with Gasteiger partial charge in [-0.1, -0.05) is 18.2 Å². The Kier molecular flexibility index (Phi) is 6.01. The highest BCUT2D eigenvalue weighted by molar-refractivity contribution is 7.92. The standard InChI is InChI=1S/C20H24N2O4S/c1-16(15-26-19-7-3-2-4-8-19)21-20(23)17-9-11-18(12-10-17)22-13-5-6-14-27(22,24)25/h2-4,7-12,16H,5-6,13-15H2,1H3,(H,21,23)/t16-/m0/s1. The van der Waals surface area contributed by atoms with Gasteiger partial charge in [0.1, 0.15) is 12.4 Å². The summed E-state index contributed by atoms with van der Waals surface area (Å²) in [5.74, 6) is 0.714. The smallest absolute Gasteiger partial charge is 0.251 e. The zero-order chi connectivity index (χ0) is 19.3. The van der Waals surface area contributed by atoms with Crippen molar-refractivity contribution in [2.75, 3.05) is 23.2 Å². The maximum absolute atomic E-state index is 12.4. The fraction of sp³-hybridized carbons (Fsp3) is 0.350. The van der Waals surface area contributed by atoms with Gasteiger partial charge >= 0.3 is 0 Å². The van der Waals surface area contributed by atoms with Crippen molar-refractivity contribution in [1.29, 1.82) is 0 Å². The van der Waals surface area contributed by atoms with E-state index in [1.807, 2.05) is 37.3 Å². The van der Waals surface area contributed by atoms with Crippen LogP contribution in [0, 0.1) is 0 Å². The lowest BCUT2D eigenvalue weighted by Gasteiger charge is -2.28. The van der Waals surface area contributed by atoms with Gasteiger partial charge in [-0.25, -0.2) is 8.42 Å². The number of rotatable bonds is 6. The van der Waals surface area contributed by atoms with Crippen molar-refractivity contribution in [3.63, 3.8) is 0 Å². The highest BCUT2D eigenvalue weighted by atomic mass is 32.2. The van der Waals surface area contributed by atoms with Crippen LogP contribution >= 0.6 is 0 Å². The molecule has 0 unspecified atom stereocenters. The summed E-state index contributed by atoms with van der Waals surface area (Å²) in [6.07, 6.45) is 1.54. The van der Waals surface area contributed by atoms with E-state index in [-0.39, 0.29) is 17.7 Å². The first-order chi connectivity index (χ1) is 13.0. The van der Waals surface area contributed by atoms with Gasteiger partial charge in [-0.3, -0.25) is 9.10 Å². The van der Waals surface area contributed by atoms with Crippen LogP contribution in [-0.2, 0) is 10.0 Å². The summed E-state index contributed by atoms with van der Waals surface area (Å²) in [5.41, 5.74) is 1.09. The van der Waals surface area contributed by atoms with Gasteiger partial charge in [0.2, 0.25) is 10.0 Å². The van der Waals surface area contributed by atoms with Crippen molar-refractivity contribution in [2.45, 2.75) is 25.8 Å². The molecule has 0 aromatic heterocycles. The zero-order valence-corrected chi connectivity index (χ0v) is 16.1. The SMILES string of the molecule is C[C@@H](COc1ccccc1)NC(=O)c1ccc(N2CCCCS2(=O)=O)cc1. The Balaban J connectivity index is 1.57. The van der Waals surface area contributed by atoms with Gasteiger partial charge in [0.25, 0.3) is 5.91 Å². The molecule has 1 heterocycles. The number of hydrogen-bond acceptors (Lipinski definition) is 4. The Morgan fingerprint density at radius 2 is 1.81 bits per heavy atom. The molecule has 1 saturated heterocycles. The molecule has 6 nitrogen and oxygen atoms in total. The van der Waals surface area contributed by atoms with Crippen LogP contribution in [0.5, 0.6) is 5.75 Å². The number of amides is 1. The Morgan fingerprint density at radius 3 is 2.48 bits per heavy atom. The molecule has 1 amide bonds. The number of nitrogens with one attached hydrogen (secondary N) is 1. The van der Waals surface area contributed by atoms with Crippen LogP contribution in [-0.4, -0.2) is 39.3 Å². The third-order valence-electron chi connectivity index (χ3n) is 4.39. The quantitative estimate of drug-likeness (QED) is 0.826. The Morgan fingerprint density at radius 1 is 1.11 bits per heavy atom. The lowest BCUT2D eigenvalue weighted by atomic mass is 10.1. The van der Waals surface area contributed by atoms with E-state index in [1.54, 1.807) is 24.3 Å². The average Bonchev–Trinajstić information content (AvgIpc) is 2.67. The van der Waals surface area contributed by atoms with Crippen LogP contribution in [0.3, 0.4) is 0 Å². The number of carbonyl (C=O) groups is 1. The molecule has 1 N–H and O–H groups in total. The van der Waals surface area contributed by atoms with Gasteiger partial charge in [-0.2, -0.15) is 0 Å². The van der Waals surface area contributed by atoms with Gasteiger partial charge < -0.3 is 10.1 Å². The maximum Gasteiger partial charge on any atom is 0.251 e. The van der Waals surface area contributed by atoms with Gasteiger partial charge in [0.05, 0.1) is 17.5 Å². The molecule has 2 aromatic rings. The lowest BCUT2D eigenvalue weighted by Crippen LogP contribution is -2.38. The fourth-order valence-electron chi connectivity index (χ4n) is 2.94. The van der Waals surface area contributed by atoms with Gasteiger partial charge in [-0.05, 0) is 56.2 Å². The molecule has 0 spiro atoms. The van der Waals surface area contributed by atoms with Crippen LogP contribution in [0.4, 0.5) is 5.69 Å². The third-order valence-corrected chi connectivity index (χ3v) is 6.26. The van der Waals surface area contributed by atoms with E-state index < -0.39 is 10.0 Å². The monoisotopic (exact) mass is 388 g/mol. The van der Waals surface area contributed by atoms with Crippen LogP contribution in [0.2, 0.25) is 0 Å². The van der Waals surface area contributed by atoms with E-state index in [4.69, 9.17) is 4.74 Å². The van der Waals surface area contributed by atoms with Crippen LogP contribution in [0.15, 0.2) is 54.6 Å². The molecule has 27 heavy (non-hydrogen) atoms. The van der Waals surface area contributed by atoms with Crippen molar-refractivity contribution < 1.29 is 17.9 Å². The van der Waals surface area contributed by atoms with E-state index in [0.717, 1.165) is 12.2 Å². The fourth-order valence-corrected chi connectivity index (χ4v) is 4.58. The first kappa shape index (κ1) is 19.2. The summed E-state index contributed by atoms with van der Waals surface area (Å²) in [5, 5.41) is 2.89. The zero-order valence-electron chi connectivity index (χ0n) is 15.3. The maximum atomic E-state index is 12.4. The number of benzene rings is 2. The summed E-state index contributed by atoms with van der Waals surface area (Å²) in [6, 6.07) is 15.9. The first-order valence-corrected chi connectivity index (χ1v) is 10.7. The van der Waals surface area contributed by atoms with Crippen molar-refractivity contribution >= 4 is 21.6 Å². The van der Waals surface area contributed by atoms with Crippen LogP contribution < -0.4 is 14.4 Å². The molecule has 3 rings (SSSR count). The minimum absolute atomic E-state index is 0.167. The highest BCUT2D eigenvalue weighted by Crippen LogP contribution is 2.23. The molecule has 0 saturated carbocycles. The Labute approximate surface area is 160 Å². The molecular formula is C20H24N2O4S. The molecule has 1 aliphatic rings. The number of ether oxygens (including phenoxy) is 1. The van der Waals surface area contributed by atoms with Crippen molar-refractivity contribution in [2.24, 2.45) is 0 Å². The molecular weight excluding hydrogens is 364 g/mol. The predicted octanol–water partition coefficient (Wildman–Crippen LogP) is 2.81. The van der Waals surface area contributed by atoms with Crippen molar-refractivity contribution in [1.82, 2.24) is 5.32 Å². The Hall–Kier alpha value is -2.54.